The second-order valence-corrected chi connectivity index (χ2v) is 3.26. The summed E-state index contributed by atoms with van der Waals surface area (Å²) in [6.07, 6.45) is 1.66. The maximum absolute atomic E-state index is 11.5. The molecule has 1 N–H and O–H groups in total. The predicted octanol–water partition coefficient (Wildman–Crippen LogP) is 1.21. The van der Waals surface area contributed by atoms with Crippen LogP contribution in [0.25, 0.3) is 6.08 Å². The number of benzene rings is 1. The van der Waals surface area contributed by atoms with Crippen LogP contribution >= 0.6 is 0 Å². The van der Waals surface area contributed by atoms with Gasteiger partial charge in [0.25, 0.3) is 5.91 Å². The molecule has 1 aromatic rings. The van der Waals surface area contributed by atoms with Crippen molar-refractivity contribution >= 4 is 18.0 Å². The van der Waals surface area contributed by atoms with Crippen LogP contribution in [0.5, 0.6) is 0 Å². The van der Waals surface area contributed by atoms with Crippen LogP contribution < -0.4 is 5.32 Å². The van der Waals surface area contributed by atoms with E-state index in [4.69, 9.17) is 0 Å². The molecule has 2 rings (SSSR count). The lowest BCUT2D eigenvalue weighted by Gasteiger charge is -1.99. The largest absolute Gasteiger partial charge is 0.328 e. The minimum Gasteiger partial charge on any atom is -0.303 e. The molecule has 1 fully saturated rings. The highest BCUT2D eigenvalue weighted by Crippen LogP contribution is 2.11. The highest BCUT2D eigenvalue weighted by molar-refractivity contribution is 6.13. The lowest BCUT2D eigenvalue weighted by molar-refractivity contribution is -0.121. The molecule has 0 saturated carbocycles. The zero-order valence-corrected chi connectivity index (χ0v) is 8.23. The summed E-state index contributed by atoms with van der Waals surface area (Å²) >= 11 is 0. The van der Waals surface area contributed by atoms with Crippen molar-refractivity contribution in [2.75, 3.05) is 7.05 Å². The maximum atomic E-state index is 11.5. The Morgan fingerprint density at radius 1 is 1.20 bits per heavy atom. The normalized spacial score (nSPS) is 18.5. The first-order valence-corrected chi connectivity index (χ1v) is 4.54. The van der Waals surface area contributed by atoms with Crippen LogP contribution in [-0.4, -0.2) is 23.9 Å². The summed E-state index contributed by atoms with van der Waals surface area (Å²) in [5.41, 5.74) is 1.20. The van der Waals surface area contributed by atoms with E-state index in [1.54, 1.807) is 6.08 Å². The van der Waals surface area contributed by atoms with Crippen molar-refractivity contribution in [3.63, 3.8) is 0 Å². The SMILES string of the molecule is CN1C(=O)N/C(=C/c2ccccc2)C1=O. The van der Waals surface area contributed by atoms with Gasteiger partial charge in [-0.15, -0.1) is 0 Å². The number of imide groups is 1. The fourth-order valence-electron chi connectivity index (χ4n) is 1.34. The zero-order valence-electron chi connectivity index (χ0n) is 8.23. The quantitative estimate of drug-likeness (QED) is 0.549. The maximum Gasteiger partial charge on any atom is 0.328 e. The Labute approximate surface area is 87.2 Å². The van der Waals surface area contributed by atoms with Crippen LogP contribution in [0.4, 0.5) is 4.79 Å². The topological polar surface area (TPSA) is 49.4 Å². The van der Waals surface area contributed by atoms with E-state index in [-0.39, 0.29) is 11.9 Å². The summed E-state index contributed by atoms with van der Waals surface area (Å²) < 4.78 is 0. The van der Waals surface area contributed by atoms with Gasteiger partial charge < -0.3 is 5.32 Å². The second kappa shape index (κ2) is 3.57. The number of likely N-dealkylation sites (N-methyl/N-ethyl adjacent to an activating group) is 1. The molecule has 0 aromatic heterocycles. The Morgan fingerprint density at radius 3 is 2.40 bits per heavy atom. The van der Waals surface area contributed by atoms with Crippen LogP contribution in [0.3, 0.4) is 0 Å². The lowest BCUT2D eigenvalue weighted by atomic mass is 10.2. The van der Waals surface area contributed by atoms with Crippen LogP contribution in [0, 0.1) is 0 Å². The van der Waals surface area contributed by atoms with Crippen molar-refractivity contribution in [2.24, 2.45) is 0 Å². The van der Waals surface area contributed by atoms with Crippen molar-refractivity contribution in [1.29, 1.82) is 0 Å². The van der Waals surface area contributed by atoms with Crippen molar-refractivity contribution in [3.8, 4) is 0 Å². The number of rotatable bonds is 1. The monoisotopic (exact) mass is 202 g/mol. The van der Waals surface area contributed by atoms with Gasteiger partial charge in [-0.05, 0) is 11.6 Å². The summed E-state index contributed by atoms with van der Waals surface area (Å²) in [5.74, 6) is -0.302. The van der Waals surface area contributed by atoms with Gasteiger partial charge in [0.15, 0.2) is 0 Å². The molecule has 0 bridgehead atoms. The number of amides is 3. The number of carbonyl (C=O) groups excluding carboxylic acids is 2. The van der Waals surface area contributed by atoms with E-state index in [2.05, 4.69) is 5.32 Å². The Morgan fingerprint density at radius 2 is 1.87 bits per heavy atom. The number of nitrogens with one attached hydrogen (secondary N) is 1. The van der Waals surface area contributed by atoms with Crippen LogP contribution in [0.2, 0.25) is 0 Å². The molecule has 1 aliphatic heterocycles. The van der Waals surface area contributed by atoms with Crippen molar-refractivity contribution < 1.29 is 9.59 Å². The van der Waals surface area contributed by atoms with Crippen molar-refractivity contribution in [2.45, 2.75) is 0 Å². The highest BCUT2D eigenvalue weighted by atomic mass is 16.2. The van der Waals surface area contributed by atoms with Gasteiger partial charge in [-0.3, -0.25) is 9.69 Å². The fraction of sp³-hybridized carbons (Fsp3) is 0.0909. The Bertz CT molecular complexity index is 437. The standard InChI is InChI=1S/C11H10N2O2/c1-13-10(14)9(12-11(13)15)7-8-5-3-2-4-6-8/h2-7H,1H3,(H,12,15)/b9-7+. The second-order valence-electron chi connectivity index (χ2n) is 3.26. The summed E-state index contributed by atoms with van der Waals surface area (Å²) in [7, 11) is 1.45. The first-order valence-electron chi connectivity index (χ1n) is 4.54. The van der Waals surface area contributed by atoms with E-state index >= 15 is 0 Å². The van der Waals surface area contributed by atoms with Crippen molar-refractivity contribution in [3.05, 3.63) is 41.6 Å². The molecule has 1 heterocycles. The molecule has 0 radical (unpaired) electrons. The average Bonchev–Trinajstić information content (AvgIpc) is 2.48. The summed E-state index contributed by atoms with van der Waals surface area (Å²) in [6.45, 7) is 0. The van der Waals surface area contributed by atoms with Gasteiger partial charge in [0.2, 0.25) is 0 Å². The molecule has 15 heavy (non-hydrogen) atoms. The first kappa shape index (κ1) is 9.45. The number of carbonyl (C=O) groups is 2. The fourth-order valence-corrected chi connectivity index (χ4v) is 1.34. The molecule has 1 saturated heterocycles. The molecule has 1 aromatic carbocycles. The smallest absolute Gasteiger partial charge is 0.303 e. The molecule has 0 aliphatic carbocycles. The van der Waals surface area contributed by atoms with Crippen molar-refractivity contribution in [1.82, 2.24) is 10.2 Å². The molecule has 1 aliphatic rings. The third-order valence-electron chi connectivity index (χ3n) is 2.19. The van der Waals surface area contributed by atoms with E-state index in [1.807, 2.05) is 30.3 Å². The minimum absolute atomic E-state index is 0.302. The molecule has 0 spiro atoms. The van der Waals surface area contributed by atoms with Gasteiger partial charge in [-0.2, -0.15) is 0 Å². The van der Waals surface area contributed by atoms with E-state index in [1.165, 1.54) is 7.05 Å². The number of hydrogen-bond acceptors (Lipinski definition) is 2. The van der Waals surface area contributed by atoms with E-state index in [0.29, 0.717) is 5.70 Å². The van der Waals surface area contributed by atoms with Crippen LogP contribution in [0.1, 0.15) is 5.56 Å². The summed E-state index contributed by atoms with van der Waals surface area (Å²) in [4.78, 5) is 23.7. The number of nitrogens with zero attached hydrogens (tertiary/aromatic N) is 1. The predicted molar refractivity (Wildman–Crippen MR) is 55.7 cm³/mol. The van der Waals surface area contributed by atoms with E-state index in [9.17, 15) is 9.59 Å². The molecule has 0 atom stereocenters. The van der Waals surface area contributed by atoms with Gasteiger partial charge >= 0.3 is 6.03 Å². The summed E-state index contributed by atoms with van der Waals surface area (Å²) in [6, 6.07) is 8.98. The molecule has 4 heteroatoms. The highest BCUT2D eigenvalue weighted by Gasteiger charge is 2.29. The summed E-state index contributed by atoms with van der Waals surface area (Å²) in [5, 5.41) is 2.50. The van der Waals surface area contributed by atoms with Gasteiger partial charge in [0, 0.05) is 7.05 Å². The zero-order chi connectivity index (χ0) is 10.8. The van der Waals surface area contributed by atoms with E-state index in [0.717, 1.165) is 10.5 Å². The third kappa shape index (κ3) is 1.74. The Hall–Kier alpha value is -2.10. The van der Waals surface area contributed by atoms with E-state index < -0.39 is 0 Å². The van der Waals surface area contributed by atoms with Gasteiger partial charge in [0.1, 0.15) is 5.70 Å². The molecule has 3 amide bonds. The van der Waals surface area contributed by atoms with Gasteiger partial charge in [0.05, 0.1) is 0 Å². The number of hydrogen-bond donors (Lipinski definition) is 1. The van der Waals surface area contributed by atoms with Gasteiger partial charge in [-0.1, -0.05) is 30.3 Å². The molecular formula is C11H10N2O2. The Kier molecular flexibility index (Phi) is 2.25. The van der Waals surface area contributed by atoms with Gasteiger partial charge in [-0.25, -0.2) is 4.79 Å². The van der Waals surface area contributed by atoms with Crippen LogP contribution in [0.15, 0.2) is 36.0 Å². The molecule has 76 valence electrons. The third-order valence-corrected chi connectivity index (χ3v) is 2.19. The molecule has 0 unspecified atom stereocenters. The Balaban J connectivity index is 2.30. The molecule has 4 nitrogen and oxygen atoms in total. The average molecular weight is 202 g/mol. The first-order chi connectivity index (χ1) is 7.18. The number of urea groups is 1. The lowest BCUT2D eigenvalue weighted by Crippen LogP contribution is -2.25. The minimum atomic E-state index is -0.387. The molecular weight excluding hydrogens is 192 g/mol. The van der Waals surface area contributed by atoms with Crippen LogP contribution in [-0.2, 0) is 4.79 Å².